The first-order valence-electron chi connectivity index (χ1n) is 11.6. The summed E-state index contributed by atoms with van der Waals surface area (Å²) in [5.41, 5.74) is 2.45. The number of carbonyl (C=O) groups is 2. The van der Waals surface area contributed by atoms with Crippen LogP contribution in [0.1, 0.15) is 43.7 Å². The van der Waals surface area contributed by atoms with Crippen LogP contribution in [-0.2, 0) is 32.5 Å². The van der Waals surface area contributed by atoms with E-state index in [1.54, 1.807) is 22.5 Å². The van der Waals surface area contributed by atoms with Crippen molar-refractivity contribution >= 4 is 27.5 Å². The van der Waals surface area contributed by atoms with Gasteiger partial charge in [-0.25, -0.2) is 8.42 Å². The minimum atomic E-state index is -3.60. The Balaban J connectivity index is 1.50. The molecular weight excluding hydrogens is 438 g/mol. The highest BCUT2D eigenvalue weighted by atomic mass is 32.2. The maximum Gasteiger partial charge on any atom is 0.243 e. The number of nitrogens with one attached hydrogen (secondary N) is 1. The van der Waals surface area contributed by atoms with Gasteiger partial charge in [-0.15, -0.1) is 0 Å². The number of rotatable bonds is 6. The van der Waals surface area contributed by atoms with Crippen molar-refractivity contribution in [1.29, 1.82) is 0 Å². The molecule has 176 valence electrons. The van der Waals surface area contributed by atoms with Crippen LogP contribution < -0.4 is 10.2 Å². The normalized spacial score (nSPS) is 19.1. The number of fused-ring (bicyclic) bond motifs is 1. The molecule has 0 saturated carbocycles. The summed E-state index contributed by atoms with van der Waals surface area (Å²) in [5, 5.41) is 2.94. The summed E-state index contributed by atoms with van der Waals surface area (Å²) in [6.45, 7) is 2.97. The summed E-state index contributed by atoms with van der Waals surface area (Å²) >= 11 is 0. The summed E-state index contributed by atoms with van der Waals surface area (Å²) < 4.78 is 28.0. The lowest BCUT2D eigenvalue weighted by Gasteiger charge is -2.24. The van der Waals surface area contributed by atoms with Crippen molar-refractivity contribution < 1.29 is 18.0 Å². The monoisotopic (exact) mass is 469 g/mol. The number of sulfonamides is 1. The molecule has 2 aliphatic heterocycles. The van der Waals surface area contributed by atoms with Crippen LogP contribution in [0.4, 0.5) is 5.69 Å². The highest BCUT2D eigenvalue weighted by Gasteiger charge is 2.38. The van der Waals surface area contributed by atoms with Crippen molar-refractivity contribution in [2.24, 2.45) is 0 Å². The molecule has 2 aliphatic rings. The van der Waals surface area contributed by atoms with Crippen molar-refractivity contribution in [3.05, 3.63) is 59.7 Å². The highest BCUT2D eigenvalue weighted by molar-refractivity contribution is 7.89. The maximum atomic E-state index is 13.2. The van der Waals surface area contributed by atoms with E-state index in [0.29, 0.717) is 43.7 Å². The fraction of sp³-hybridized carbons (Fsp3) is 0.440. The number of amides is 2. The van der Waals surface area contributed by atoms with E-state index >= 15 is 0 Å². The van der Waals surface area contributed by atoms with Gasteiger partial charge in [0, 0.05) is 38.7 Å². The molecule has 7 nitrogen and oxygen atoms in total. The third-order valence-electron chi connectivity index (χ3n) is 6.44. The van der Waals surface area contributed by atoms with E-state index < -0.39 is 16.1 Å². The predicted octanol–water partition coefficient (Wildman–Crippen LogP) is 2.89. The minimum absolute atomic E-state index is 0.228. The van der Waals surface area contributed by atoms with E-state index in [1.807, 2.05) is 30.3 Å². The topological polar surface area (TPSA) is 86.8 Å². The molecule has 0 aliphatic carbocycles. The lowest BCUT2D eigenvalue weighted by molar-refractivity contribution is -0.125. The van der Waals surface area contributed by atoms with Gasteiger partial charge in [0.05, 0.1) is 4.90 Å². The molecule has 0 spiro atoms. The zero-order valence-electron chi connectivity index (χ0n) is 19.0. The second kappa shape index (κ2) is 10.1. The van der Waals surface area contributed by atoms with Crippen LogP contribution in [0, 0.1) is 0 Å². The van der Waals surface area contributed by atoms with Crippen molar-refractivity contribution in [2.75, 3.05) is 24.5 Å². The highest BCUT2D eigenvalue weighted by Crippen LogP contribution is 2.35. The molecule has 1 atom stereocenters. The number of benzene rings is 2. The van der Waals surface area contributed by atoms with Gasteiger partial charge < -0.3 is 5.32 Å². The molecule has 2 aromatic rings. The van der Waals surface area contributed by atoms with Crippen LogP contribution in [0.25, 0.3) is 0 Å². The molecule has 1 fully saturated rings. The van der Waals surface area contributed by atoms with E-state index in [-0.39, 0.29) is 16.7 Å². The fourth-order valence-electron chi connectivity index (χ4n) is 4.71. The smallest absolute Gasteiger partial charge is 0.243 e. The van der Waals surface area contributed by atoms with E-state index in [4.69, 9.17) is 0 Å². The second-order valence-electron chi connectivity index (χ2n) is 8.74. The summed E-state index contributed by atoms with van der Waals surface area (Å²) in [7, 11) is -3.60. The van der Waals surface area contributed by atoms with Gasteiger partial charge in [0.1, 0.15) is 6.04 Å². The van der Waals surface area contributed by atoms with Crippen LogP contribution in [0.5, 0.6) is 0 Å². The molecule has 2 amide bonds. The average molecular weight is 470 g/mol. The Hall–Kier alpha value is -2.71. The Bertz CT molecular complexity index is 1110. The Kier molecular flexibility index (Phi) is 7.14. The first-order valence-corrected chi connectivity index (χ1v) is 13.1. The molecule has 2 aromatic carbocycles. The fourth-order valence-corrected chi connectivity index (χ4v) is 6.28. The number of nitrogens with zero attached hydrogens (tertiary/aromatic N) is 2. The Labute approximate surface area is 195 Å². The molecule has 33 heavy (non-hydrogen) atoms. The van der Waals surface area contributed by atoms with E-state index in [9.17, 15) is 18.0 Å². The van der Waals surface area contributed by atoms with Crippen molar-refractivity contribution in [2.45, 2.75) is 56.4 Å². The largest absolute Gasteiger partial charge is 0.354 e. The first-order chi connectivity index (χ1) is 15.9. The molecule has 0 radical (unpaired) electrons. The van der Waals surface area contributed by atoms with Gasteiger partial charge in [-0.05, 0) is 48.6 Å². The van der Waals surface area contributed by atoms with Crippen LogP contribution in [0.15, 0.2) is 53.4 Å². The quantitative estimate of drug-likeness (QED) is 0.705. The standard InChI is InChI=1S/C25H31N3O4S/c1-19(29)28-23-12-11-22(33(31,32)27-15-7-2-3-8-16-27)17-21(23)18-24(28)25(30)26-14-13-20-9-5-4-6-10-20/h4-6,9-12,17,24H,2-3,7-8,13-16,18H2,1H3,(H,26,30)/t24-/m0/s1. The third-order valence-corrected chi connectivity index (χ3v) is 8.33. The molecular formula is C25H31N3O4S. The minimum Gasteiger partial charge on any atom is -0.354 e. The summed E-state index contributed by atoms with van der Waals surface area (Å²) in [4.78, 5) is 27.1. The predicted molar refractivity (Wildman–Crippen MR) is 127 cm³/mol. The van der Waals surface area contributed by atoms with Crippen molar-refractivity contribution in [3.8, 4) is 0 Å². The van der Waals surface area contributed by atoms with Gasteiger partial charge in [0.15, 0.2) is 0 Å². The zero-order chi connectivity index (χ0) is 23.4. The van der Waals surface area contributed by atoms with Gasteiger partial charge in [-0.2, -0.15) is 4.31 Å². The van der Waals surface area contributed by atoms with E-state index in [1.165, 1.54) is 11.8 Å². The number of hydrogen-bond acceptors (Lipinski definition) is 4. The van der Waals surface area contributed by atoms with Crippen LogP contribution in [0.2, 0.25) is 0 Å². The average Bonchev–Trinajstić information content (AvgIpc) is 2.97. The third kappa shape index (κ3) is 5.12. The zero-order valence-corrected chi connectivity index (χ0v) is 19.8. The van der Waals surface area contributed by atoms with E-state index in [2.05, 4.69) is 5.32 Å². The van der Waals surface area contributed by atoms with Crippen LogP contribution >= 0.6 is 0 Å². The van der Waals surface area contributed by atoms with Gasteiger partial charge in [-0.3, -0.25) is 14.5 Å². The Morgan fingerprint density at radius 2 is 1.70 bits per heavy atom. The number of anilines is 1. The molecule has 1 N–H and O–H groups in total. The van der Waals surface area contributed by atoms with Crippen LogP contribution in [-0.4, -0.2) is 50.2 Å². The molecule has 1 saturated heterocycles. The number of hydrogen-bond donors (Lipinski definition) is 1. The molecule has 8 heteroatoms. The Morgan fingerprint density at radius 1 is 1.00 bits per heavy atom. The van der Waals surface area contributed by atoms with Gasteiger partial charge >= 0.3 is 0 Å². The molecule has 0 bridgehead atoms. The summed E-state index contributed by atoms with van der Waals surface area (Å²) in [6.07, 6.45) is 4.83. The molecule has 2 heterocycles. The van der Waals surface area contributed by atoms with Gasteiger partial charge in [0.2, 0.25) is 21.8 Å². The summed E-state index contributed by atoms with van der Waals surface area (Å²) in [6, 6.07) is 14.1. The molecule has 0 aromatic heterocycles. The van der Waals surface area contributed by atoms with Crippen molar-refractivity contribution in [3.63, 3.8) is 0 Å². The Morgan fingerprint density at radius 3 is 2.36 bits per heavy atom. The van der Waals surface area contributed by atoms with Gasteiger partial charge in [0.25, 0.3) is 0 Å². The van der Waals surface area contributed by atoms with Crippen molar-refractivity contribution in [1.82, 2.24) is 9.62 Å². The van der Waals surface area contributed by atoms with E-state index in [0.717, 1.165) is 31.2 Å². The SMILES string of the molecule is CC(=O)N1c2ccc(S(=O)(=O)N3CCCCCC3)cc2C[C@H]1C(=O)NCCc1ccccc1. The molecule has 4 rings (SSSR count). The lowest BCUT2D eigenvalue weighted by Crippen LogP contribution is -2.47. The lowest BCUT2D eigenvalue weighted by atomic mass is 10.1. The van der Waals surface area contributed by atoms with Crippen LogP contribution in [0.3, 0.4) is 0 Å². The summed E-state index contributed by atoms with van der Waals surface area (Å²) in [5.74, 6) is -0.464. The number of carbonyl (C=O) groups excluding carboxylic acids is 2. The first kappa shape index (κ1) is 23.4. The maximum absolute atomic E-state index is 13.2. The second-order valence-corrected chi connectivity index (χ2v) is 10.7. The van der Waals surface area contributed by atoms with Gasteiger partial charge in [-0.1, -0.05) is 43.2 Å². The molecule has 0 unspecified atom stereocenters.